The van der Waals surface area contributed by atoms with Crippen LogP contribution in [0.1, 0.15) is 24.4 Å². The third-order valence-corrected chi connectivity index (χ3v) is 3.67. The molecule has 0 aromatic heterocycles. The van der Waals surface area contributed by atoms with E-state index in [0.29, 0.717) is 18.4 Å². The molecule has 0 radical (unpaired) electrons. The van der Waals surface area contributed by atoms with E-state index in [2.05, 4.69) is 5.32 Å². The molecule has 5 heteroatoms. The third-order valence-electron chi connectivity index (χ3n) is 3.67. The molecule has 102 valence electrons. The zero-order valence-corrected chi connectivity index (χ0v) is 11.0. The molecule has 0 bridgehead atoms. The van der Waals surface area contributed by atoms with Crippen molar-refractivity contribution in [2.75, 3.05) is 14.1 Å². The van der Waals surface area contributed by atoms with Crippen LogP contribution in [0.2, 0.25) is 0 Å². The van der Waals surface area contributed by atoms with E-state index in [4.69, 9.17) is 0 Å². The zero-order valence-electron chi connectivity index (χ0n) is 11.0. The summed E-state index contributed by atoms with van der Waals surface area (Å²) >= 11 is 0. The predicted molar refractivity (Wildman–Crippen MR) is 68.7 cm³/mol. The molecular weight excluding hydrogens is 247 g/mol. The molecule has 1 aromatic rings. The van der Waals surface area contributed by atoms with E-state index < -0.39 is 12.0 Å². The van der Waals surface area contributed by atoms with Crippen LogP contribution >= 0.6 is 0 Å². The highest BCUT2D eigenvalue weighted by molar-refractivity contribution is 5.84. The number of benzene rings is 1. The lowest BCUT2D eigenvalue weighted by molar-refractivity contribution is -0.141. The average Bonchev–Trinajstić information content (AvgIpc) is 2.42. The molecule has 1 fully saturated rings. The maximum atomic E-state index is 13.9. The maximum absolute atomic E-state index is 13.9. The van der Waals surface area contributed by atoms with Gasteiger partial charge in [0.15, 0.2) is 0 Å². The Hall–Kier alpha value is -1.91. The molecular formula is C14H17FN2O2. The quantitative estimate of drug-likeness (QED) is 0.879. The van der Waals surface area contributed by atoms with E-state index >= 15 is 0 Å². The van der Waals surface area contributed by atoms with Crippen LogP contribution < -0.4 is 5.32 Å². The fourth-order valence-corrected chi connectivity index (χ4v) is 2.64. The number of hydrogen-bond donors (Lipinski definition) is 1. The van der Waals surface area contributed by atoms with Gasteiger partial charge in [-0.3, -0.25) is 9.59 Å². The topological polar surface area (TPSA) is 49.4 Å². The fraction of sp³-hybridized carbons (Fsp3) is 0.429. The van der Waals surface area contributed by atoms with Crippen LogP contribution in [-0.4, -0.2) is 30.8 Å². The van der Waals surface area contributed by atoms with E-state index in [0.717, 1.165) is 0 Å². The lowest BCUT2D eigenvalue weighted by atomic mass is 9.84. The van der Waals surface area contributed by atoms with E-state index in [1.54, 1.807) is 32.3 Å². The molecule has 4 nitrogen and oxygen atoms in total. The second kappa shape index (κ2) is 5.38. The Morgan fingerprint density at radius 3 is 2.74 bits per heavy atom. The summed E-state index contributed by atoms with van der Waals surface area (Å²) in [6.07, 6.45) is 0.765. The molecule has 1 aliphatic rings. The van der Waals surface area contributed by atoms with Crippen LogP contribution in [0.4, 0.5) is 4.39 Å². The number of piperidine rings is 1. The monoisotopic (exact) mass is 264 g/mol. The molecule has 0 aliphatic carbocycles. The summed E-state index contributed by atoms with van der Waals surface area (Å²) in [4.78, 5) is 25.2. The van der Waals surface area contributed by atoms with Gasteiger partial charge in [-0.2, -0.15) is 0 Å². The molecule has 2 amide bonds. The molecule has 1 aliphatic heterocycles. The maximum Gasteiger partial charge on any atom is 0.225 e. The molecule has 0 saturated carbocycles. The molecule has 2 rings (SSSR count). The van der Waals surface area contributed by atoms with Crippen LogP contribution in [-0.2, 0) is 9.59 Å². The van der Waals surface area contributed by atoms with Crippen molar-refractivity contribution in [3.63, 3.8) is 0 Å². The summed E-state index contributed by atoms with van der Waals surface area (Å²) < 4.78 is 13.9. The molecule has 0 unspecified atom stereocenters. The smallest absolute Gasteiger partial charge is 0.225 e. The lowest BCUT2D eigenvalue weighted by Gasteiger charge is -2.38. The zero-order chi connectivity index (χ0) is 14.0. The van der Waals surface area contributed by atoms with Crippen LogP contribution in [0.5, 0.6) is 0 Å². The number of carbonyl (C=O) groups excluding carboxylic acids is 2. The number of hydrogen-bond acceptors (Lipinski definition) is 2. The van der Waals surface area contributed by atoms with Crippen LogP contribution in [0, 0.1) is 11.7 Å². The van der Waals surface area contributed by atoms with Gasteiger partial charge >= 0.3 is 0 Å². The van der Waals surface area contributed by atoms with Gasteiger partial charge in [0, 0.05) is 26.1 Å². The van der Waals surface area contributed by atoms with Gasteiger partial charge in [0.2, 0.25) is 11.8 Å². The highest BCUT2D eigenvalue weighted by Crippen LogP contribution is 2.36. The average molecular weight is 264 g/mol. The Labute approximate surface area is 111 Å². The van der Waals surface area contributed by atoms with Crippen LogP contribution in [0.3, 0.4) is 0 Å². The van der Waals surface area contributed by atoms with Crippen LogP contribution in [0.15, 0.2) is 24.3 Å². The van der Waals surface area contributed by atoms with Gasteiger partial charge in [0.1, 0.15) is 5.82 Å². The molecule has 0 spiro atoms. The number of nitrogens with one attached hydrogen (secondary N) is 1. The SMILES string of the molecule is CNC(=O)[C@@H]1CCC(=O)N(C)[C@@H]1c1ccccc1F. The van der Waals surface area contributed by atoms with Gasteiger partial charge in [0.05, 0.1) is 12.0 Å². The second-order valence-corrected chi connectivity index (χ2v) is 4.73. The van der Waals surface area contributed by atoms with Gasteiger partial charge < -0.3 is 10.2 Å². The van der Waals surface area contributed by atoms with Gasteiger partial charge in [-0.15, -0.1) is 0 Å². The Morgan fingerprint density at radius 1 is 1.42 bits per heavy atom. The first-order chi connectivity index (χ1) is 9.06. The Morgan fingerprint density at radius 2 is 2.11 bits per heavy atom. The number of halogens is 1. The van der Waals surface area contributed by atoms with Crippen molar-refractivity contribution in [1.82, 2.24) is 10.2 Å². The van der Waals surface area contributed by atoms with Crippen LogP contribution in [0.25, 0.3) is 0 Å². The van der Waals surface area contributed by atoms with Crippen molar-refractivity contribution in [2.45, 2.75) is 18.9 Å². The Balaban J connectivity index is 2.43. The van der Waals surface area contributed by atoms with E-state index in [-0.39, 0.29) is 17.6 Å². The van der Waals surface area contributed by atoms with Gasteiger partial charge in [-0.1, -0.05) is 18.2 Å². The van der Waals surface area contributed by atoms with Crippen molar-refractivity contribution in [2.24, 2.45) is 5.92 Å². The molecule has 1 aromatic carbocycles. The summed E-state index contributed by atoms with van der Waals surface area (Å²) in [6.45, 7) is 0. The van der Waals surface area contributed by atoms with Crippen molar-refractivity contribution < 1.29 is 14.0 Å². The first-order valence-corrected chi connectivity index (χ1v) is 6.28. The first kappa shape index (κ1) is 13.5. The van der Waals surface area contributed by atoms with E-state index in [1.165, 1.54) is 11.0 Å². The molecule has 1 saturated heterocycles. The van der Waals surface area contributed by atoms with Crippen molar-refractivity contribution >= 4 is 11.8 Å². The second-order valence-electron chi connectivity index (χ2n) is 4.73. The number of likely N-dealkylation sites (tertiary alicyclic amines) is 1. The molecule has 19 heavy (non-hydrogen) atoms. The molecule has 2 atom stereocenters. The number of nitrogens with zero attached hydrogens (tertiary/aromatic N) is 1. The van der Waals surface area contributed by atoms with Gasteiger partial charge in [-0.25, -0.2) is 4.39 Å². The highest BCUT2D eigenvalue weighted by atomic mass is 19.1. The van der Waals surface area contributed by atoms with Crippen molar-refractivity contribution in [3.05, 3.63) is 35.6 Å². The first-order valence-electron chi connectivity index (χ1n) is 6.28. The summed E-state index contributed by atoms with van der Waals surface area (Å²) in [5.41, 5.74) is 0.395. The minimum Gasteiger partial charge on any atom is -0.359 e. The van der Waals surface area contributed by atoms with Crippen molar-refractivity contribution in [3.8, 4) is 0 Å². The number of amides is 2. The van der Waals surface area contributed by atoms with Gasteiger partial charge in [-0.05, 0) is 12.5 Å². The summed E-state index contributed by atoms with van der Waals surface area (Å²) in [5.74, 6) is -1.02. The van der Waals surface area contributed by atoms with E-state index in [1.807, 2.05) is 0 Å². The minimum atomic E-state index is -0.539. The Bertz CT molecular complexity index is 504. The summed E-state index contributed by atoms with van der Waals surface area (Å²) in [7, 11) is 3.17. The number of carbonyl (C=O) groups is 2. The largest absolute Gasteiger partial charge is 0.359 e. The summed E-state index contributed by atoms with van der Waals surface area (Å²) in [6, 6.07) is 5.75. The van der Waals surface area contributed by atoms with Crippen molar-refractivity contribution in [1.29, 1.82) is 0 Å². The van der Waals surface area contributed by atoms with Gasteiger partial charge in [0.25, 0.3) is 0 Å². The normalized spacial score (nSPS) is 23.3. The standard InChI is InChI=1S/C14H17FN2O2/c1-16-14(19)10-7-8-12(18)17(2)13(10)9-5-3-4-6-11(9)15/h3-6,10,13H,7-8H2,1-2H3,(H,16,19)/t10-,13-/m1/s1. The number of rotatable bonds is 2. The molecule has 1 N–H and O–H groups in total. The highest BCUT2D eigenvalue weighted by Gasteiger charge is 2.39. The predicted octanol–water partition coefficient (Wildman–Crippen LogP) is 1.48. The fourth-order valence-electron chi connectivity index (χ4n) is 2.64. The molecule has 1 heterocycles. The lowest BCUT2D eigenvalue weighted by Crippen LogP contribution is -2.46. The third kappa shape index (κ3) is 2.45. The minimum absolute atomic E-state index is 0.0617. The Kier molecular flexibility index (Phi) is 3.83. The summed E-state index contributed by atoms with van der Waals surface area (Å²) in [5, 5.41) is 2.59. The van der Waals surface area contributed by atoms with E-state index in [9.17, 15) is 14.0 Å².